The topological polar surface area (TPSA) is 22.1 Å². The normalized spacial score (nSPS) is 10.2. The SMILES string of the molecule is FCc1cccc(-c2ccc(F)cc2[O][AlH])n1. The van der Waals surface area contributed by atoms with Crippen LogP contribution in [0.2, 0.25) is 0 Å². The van der Waals surface area contributed by atoms with Gasteiger partial charge in [-0.1, -0.05) is 6.07 Å². The van der Waals surface area contributed by atoms with Gasteiger partial charge < -0.3 is 3.79 Å². The highest BCUT2D eigenvalue weighted by atomic mass is 27.1. The highest BCUT2D eigenvalue weighted by Gasteiger charge is 2.08. The molecule has 2 rings (SSSR count). The second-order valence-corrected chi connectivity index (χ2v) is 3.72. The molecular weight excluding hydrogens is 239 g/mol. The first-order valence-electron chi connectivity index (χ1n) is 4.98. The molecule has 0 atom stereocenters. The molecule has 1 aromatic carbocycles. The van der Waals surface area contributed by atoms with Gasteiger partial charge in [-0.2, -0.15) is 0 Å². The smallest absolute Gasteiger partial charge is 0.494 e. The molecule has 0 aliphatic carbocycles. The minimum atomic E-state index is -0.626. The molecule has 0 saturated heterocycles. The summed E-state index contributed by atoms with van der Waals surface area (Å²) in [6.07, 6.45) is 0. The van der Waals surface area contributed by atoms with Gasteiger partial charge >= 0.3 is 16.6 Å². The van der Waals surface area contributed by atoms with E-state index in [0.717, 1.165) is 0 Å². The molecular formula is C12H9AlF2NO. The quantitative estimate of drug-likeness (QED) is 0.779. The number of pyridine rings is 1. The van der Waals surface area contributed by atoms with Gasteiger partial charge in [0.2, 0.25) is 0 Å². The summed E-state index contributed by atoms with van der Waals surface area (Å²) in [6.45, 7) is -0.626. The molecule has 1 aromatic heterocycles. The van der Waals surface area contributed by atoms with Crippen molar-refractivity contribution in [1.29, 1.82) is 0 Å². The molecule has 17 heavy (non-hydrogen) atoms. The van der Waals surface area contributed by atoms with Crippen LogP contribution in [-0.2, 0) is 6.67 Å². The molecule has 1 heterocycles. The number of nitrogens with zero attached hydrogens (tertiary/aromatic N) is 1. The monoisotopic (exact) mass is 248 g/mol. The Labute approximate surface area is 106 Å². The van der Waals surface area contributed by atoms with E-state index in [2.05, 4.69) is 4.98 Å². The van der Waals surface area contributed by atoms with E-state index in [9.17, 15) is 8.78 Å². The van der Waals surface area contributed by atoms with Crippen molar-refractivity contribution in [3.63, 3.8) is 0 Å². The fourth-order valence-electron chi connectivity index (χ4n) is 1.53. The van der Waals surface area contributed by atoms with E-state index >= 15 is 0 Å². The number of alkyl halides is 1. The second kappa shape index (κ2) is 5.26. The van der Waals surface area contributed by atoms with Crippen LogP contribution in [0.25, 0.3) is 11.3 Å². The highest BCUT2D eigenvalue weighted by molar-refractivity contribution is 6.00. The first kappa shape index (κ1) is 12.0. The average molecular weight is 248 g/mol. The zero-order chi connectivity index (χ0) is 12.3. The molecule has 2 nitrogen and oxygen atoms in total. The van der Waals surface area contributed by atoms with E-state index < -0.39 is 6.67 Å². The van der Waals surface area contributed by atoms with Crippen molar-refractivity contribution in [3.05, 3.63) is 47.9 Å². The summed E-state index contributed by atoms with van der Waals surface area (Å²) >= 11 is 1.26. The molecule has 0 N–H and O–H groups in total. The van der Waals surface area contributed by atoms with Gasteiger partial charge in [-0.3, -0.25) is 0 Å². The highest BCUT2D eigenvalue weighted by Crippen LogP contribution is 2.29. The van der Waals surface area contributed by atoms with Crippen molar-refractivity contribution >= 4 is 16.6 Å². The largest absolute Gasteiger partial charge is 0.650 e. The lowest BCUT2D eigenvalue weighted by Crippen LogP contribution is -1.94. The van der Waals surface area contributed by atoms with Crippen LogP contribution in [0.3, 0.4) is 0 Å². The third-order valence-corrected chi connectivity index (χ3v) is 2.63. The lowest BCUT2D eigenvalue weighted by Gasteiger charge is -2.10. The van der Waals surface area contributed by atoms with Gasteiger partial charge in [-0.15, -0.1) is 0 Å². The van der Waals surface area contributed by atoms with Crippen molar-refractivity contribution < 1.29 is 12.6 Å². The summed E-state index contributed by atoms with van der Waals surface area (Å²) in [5.41, 5.74) is 1.56. The molecule has 0 amide bonds. The van der Waals surface area contributed by atoms with Gasteiger partial charge in [-0.25, -0.2) is 13.8 Å². The van der Waals surface area contributed by atoms with Crippen LogP contribution in [0.15, 0.2) is 36.4 Å². The molecule has 1 radical (unpaired) electrons. The number of hydrogen-bond acceptors (Lipinski definition) is 2. The third kappa shape index (κ3) is 2.63. The maximum atomic E-state index is 13.0. The molecule has 0 fully saturated rings. The number of hydrogen-bond donors (Lipinski definition) is 0. The summed E-state index contributed by atoms with van der Waals surface area (Å²) in [7, 11) is 0. The minimum absolute atomic E-state index is 0.344. The van der Waals surface area contributed by atoms with Crippen molar-refractivity contribution in [1.82, 2.24) is 4.98 Å². The van der Waals surface area contributed by atoms with Crippen molar-refractivity contribution in [2.75, 3.05) is 0 Å². The maximum Gasteiger partial charge on any atom is 0.494 e. The Morgan fingerprint density at radius 2 is 2.06 bits per heavy atom. The van der Waals surface area contributed by atoms with E-state index in [0.29, 0.717) is 22.7 Å². The van der Waals surface area contributed by atoms with Crippen molar-refractivity contribution in [2.24, 2.45) is 0 Å². The first-order chi connectivity index (χ1) is 8.24. The van der Waals surface area contributed by atoms with E-state index in [4.69, 9.17) is 3.79 Å². The number of halogens is 2. The number of benzene rings is 1. The first-order valence-corrected chi connectivity index (χ1v) is 5.56. The van der Waals surface area contributed by atoms with E-state index in [1.807, 2.05) is 0 Å². The fraction of sp³-hybridized carbons (Fsp3) is 0.0833. The van der Waals surface area contributed by atoms with E-state index in [-0.39, 0.29) is 5.82 Å². The van der Waals surface area contributed by atoms with Gasteiger partial charge in [0.05, 0.1) is 17.1 Å². The molecule has 0 aliphatic heterocycles. The Morgan fingerprint density at radius 3 is 2.76 bits per heavy atom. The van der Waals surface area contributed by atoms with Crippen LogP contribution in [-0.4, -0.2) is 21.6 Å². The minimum Gasteiger partial charge on any atom is -0.650 e. The molecule has 2 aromatic rings. The van der Waals surface area contributed by atoms with Gasteiger partial charge in [0.1, 0.15) is 12.5 Å². The molecule has 0 aliphatic rings. The van der Waals surface area contributed by atoms with Gasteiger partial charge in [-0.05, 0) is 24.3 Å². The molecule has 0 bridgehead atoms. The lowest BCUT2D eigenvalue weighted by molar-refractivity contribution is 0.476. The fourth-order valence-corrected chi connectivity index (χ4v) is 1.77. The van der Waals surface area contributed by atoms with Gasteiger partial charge in [0, 0.05) is 11.6 Å². The van der Waals surface area contributed by atoms with Crippen LogP contribution in [0.4, 0.5) is 8.78 Å². The number of rotatable bonds is 3. The van der Waals surface area contributed by atoms with Crippen LogP contribution < -0.4 is 3.79 Å². The van der Waals surface area contributed by atoms with E-state index in [1.54, 1.807) is 24.3 Å². The van der Waals surface area contributed by atoms with Crippen LogP contribution in [0.5, 0.6) is 5.75 Å². The van der Waals surface area contributed by atoms with Gasteiger partial charge in [0.15, 0.2) is 0 Å². The molecule has 0 unspecified atom stereocenters. The second-order valence-electron chi connectivity index (χ2n) is 3.43. The van der Waals surface area contributed by atoms with Crippen LogP contribution >= 0.6 is 0 Å². The third-order valence-electron chi connectivity index (χ3n) is 2.32. The maximum absolute atomic E-state index is 13.0. The Balaban J connectivity index is 2.51. The summed E-state index contributed by atoms with van der Waals surface area (Å²) < 4.78 is 30.7. The predicted octanol–water partition coefficient (Wildman–Crippen LogP) is 2.55. The Hall–Kier alpha value is -1.44. The Morgan fingerprint density at radius 1 is 1.24 bits per heavy atom. The lowest BCUT2D eigenvalue weighted by atomic mass is 10.1. The standard InChI is InChI=1S/C12H9F2NO.Al.H/c13-7-9-2-1-3-11(15-9)10-5-4-8(14)6-12(10)16;;/h1-6,16H,7H2;;/q;+1;/p-1. The van der Waals surface area contributed by atoms with E-state index in [1.165, 1.54) is 28.8 Å². The summed E-state index contributed by atoms with van der Waals surface area (Å²) in [5, 5.41) is 0. The van der Waals surface area contributed by atoms with Crippen molar-refractivity contribution in [2.45, 2.75) is 6.67 Å². The zero-order valence-electron chi connectivity index (χ0n) is 8.99. The van der Waals surface area contributed by atoms with Crippen LogP contribution in [0, 0.1) is 5.82 Å². The Bertz CT molecular complexity index is 534. The molecule has 85 valence electrons. The predicted molar refractivity (Wildman–Crippen MR) is 62.2 cm³/mol. The molecule has 5 heteroatoms. The summed E-state index contributed by atoms with van der Waals surface area (Å²) in [4.78, 5) is 4.13. The van der Waals surface area contributed by atoms with Gasteiger partial charge in [0.25, 0.3) is 0 Å². The summed E-state index contributed by atoms with van der Waals surface area (Å²) in [5.74, 6) is 0.0175. The van der Waals surface area contributed by atoms with Crippen molar-refractivity contribution in [3.8, 4) is 17.0 Å². The average Bonchev–Trinajstić information content (AvgIpc) is 2.38. The number of aromatic nitrogens is 1. The Kier molecular flexibility index (Phi) is 3.72. The molecule has 0 spiro atoms. The van der Waals surface area contributed by atoms with Crippen LogP contribution in [0.1, 0.15) is 5.69 Å². The molecule has 0 saturated carbocycles. The summed E-state index contributed by atoms with van der Waals surface area (Å²) in [6, 6.07) is 9.22. The zero-order valence-corrected chi connectivity index (χ0v) is 10.4.